The van der Waals surface area contributed by atoms with Crippen molar-refractivity contribution in [1.29, 1.82) is 5.41 Å². The molecule has 2 rings (SSSR count). The van der Waals surface area contributed by atoms with Gasteiger partial charge in [-0.1, -0.05) is 6.42 Å². The van der Waals surface area contributed by atoms with Crippen LogP contribution >= 0.6 is 0 Å². The number of carbonyl (C=O) groups excluding carboxylic acids is 1. The fourth-order valence-electron chi connectivity index (χ4n) is 2.70. The molecule has 8 nitrogen and oxygen atoms in total. The van der Waals surface area contributed by atoms with Gasteiger partial charge in [0.05, 0.1) is 5.56 Å². The SMILES string of the molecule is CC(C)N(C(=N)N)c1ccnc(CCCCCNC(=O)c2cccnc2)n1. The molecule has 0 saturated carbocycles. The van der Waals surface area contributed by atoms with E-state index in [4.69, 9.17) is 11.1 Å². The zero-order chi connectivity index (χ0) is 19.6. The van der Waals surface area contributed by atoms with E-state index in [1.807, 2.05) is 13.8 Å². The van der Waals surface area contributed by atoms with Gasteiger partial charge in [-0.15, -0.1) is 0 Å². The standard InChI is InChI=1S/C19H27N7O/c1-14(2)26(19(20)21)17-9-12-23-16(25-17)8-4-3-5-11-24-18(27)15-7-6-10-22-13-15/h6-7,9-10,12-14H,3-5,8,11H2,1-2H3,(H3,20,21)(H,24,27). The molecule has 0 fully saturated rings. The summed E-state index contributed by atoms with van der Waals surface area (Å²) in [4.78, 5) is 26.3. The molecular weight excluding hydrogens is 342 g/mol. The zero-order valence-corrected chi connectivity index (χ0v) is 15.9. The third-order valence-electron chi connectivity index (χ3n) is 4.00. The van der Waals surface area contributed by atoms with Crippen molar-refractivity contribution in [3.63, 3.8) is 0 Å². The Balaban J connectivity index is 1.73. The Hall–Kier alpha value is -3.03. The van der Waals surface area contributed by atoms with Gasteiger partial charge in [-0.2, -0.15) is 0 Å². The second kappa shape index (κ2) is 10.2. The summed E-state index contributed by atoms with van der Waals surface area (Å²) in [5, 5.41) is 10.6. The van der Waals surface area contributed by atoms with Crippen molar-refractivity contribution >= 4 is 17.7 Å². The minimum Gasteiger partial charge on any atom is -0.370 e. The Bertz CT molecular complexity index is 749. The molecule has 8 heteroatoms. The van der Waals surface area contributed by atoms with E-state index in [0.29, 0.717) is 17.9 Å². The Morgan fingerprint density at radius 1 is 1.26 bits per heavy atom. The Labute approximate surface area is 159 Å². The van der Waals surface area contributed by atoms with Crippen LogP contribution < -0.4 is 16.0 Å². The quantitative estimate of drug-likeness (QED) is 0.354. The van der Waals surface area contributed by atoms with Crippen molar-refractivity contribution in [2.45, 2.75) is 45.6 Å². The van der Waals surface area contributed by atoms with Crippen molar-refractivity contribution < 1.29 is 4.79 Å². The average Bonchev–Trinajstić information content (AvgIpc) is 2.65. The molecule has 2 heterocycles. The fraction of sp³-hybridized carbons (Fsp3) is 0.421. The highest BCUT2D eigenvalue weighted by Crippen LogP contribution is 2.14. The Morgan fingerprint density at radius 3 is 2.74 bits per heavy atom. The molecule has 27 heavy (non-hydrogen) atoms. The summed E-state index contributed by atoms with van der Waals surface area (Å²) in [7, 11) is 0. The number of aryl methyl sites for hydroxylation is 1. The molecule has 0 atom stereocenters. The van der Waals surface area contributed by atoms with Crippen molar-refractivity contribution in [3.05, 3.63) is 48.2 Å². The van der Waals surface area contributed by atoms with E-state index in [1.165, 1.54) is 0 Å². The predicted octanol–water partition coefficient (Wildman–Crippen LogP) is 2.12. The van der Waals surface area contributed by atoms with Crippen LogP contribution in [-0.2, 0) is 6.42 Å². The number of hydrogen-bond acceptors (Lipinski definition) is 5. The van der Waals surface area contributed by atoms with Gasteiger partial charge in [0.15, 0.2) is 5.96 Å². The monoisotopic (exact) mass is 369 g/mol. The van der Waals surface area contributed by atoms with Crippen molar-refractivity contribution in [2.75, 3.05) is 11.4 Å². The van der Waals surface area contributed by atoms with Crippen LogP contribution in [0.5, 0.6) is 0 Å². The maximum Gasteiger partial charge on any atom is 0.252 e. The minimum atomic E-state index is -0.0999. The van der Waals surface area contributed by atoms with Crippen LogP contribution in [0.4, 0.5) is 5.82 Å². The number of nitrogens with one attached hydrogen (secondary N) is 2. The molecule has 0 aliphatic carbocycles. The van der Waals surface area contributed by atoms with E-state index in [9.17, 15) is 4.79 Å². The first kappa shape index (κ1) is 20.3. The number of guanidine groups is 1. The zero-order valence-electron chi connectivity index (χ0n) is 15.9. The highest BCUT2D eigenvalue weighted by atomic mass is 16.1. The summed E-state index contributed by atoms with van der Waals surface area (Å²) >= 11 is 0. The average molecular weight is 369 g/mol. The molecular formula is C19H27N7O. The Kier molecular flexibility index (Phi) is 7.66. The third-order valence-corrected chi connectivity index (χ3v) is 4.00. The molecule has 2 aromatic heterocycles. The summed E-state index contributed by atoms with van der Waals surface area (Å²) in [6.45, 7) is 4.55. The van der Waals surface area contributed by atoms with E-state index < -0.39 is 0 Å². The van der Waals surface area contributed by atoms with Crippen molar-refractivity contribution in [3.8, 4) is 0 Å². The number of nitrogens with two attached hydrogens (primary N) is 1. The second-order valence-corrected chi connectivity index (χ2v) is 6.49. The third kappa shape index (κ3) is 6.32. The number of anilines is 1. The molecule has 0 aromatic carbocycles. The number of aromatic nitrogens is 3. The molecule has 144 valence electrons. The predicted molar refractivity (Wildman–Crippen MR) is 106 cm³/mol. The smallest absolute Gasteiger partial charge is 0.252 e. The molecule has 0 saturated heterocycles. The maximum atomic E-state index is 11.9. The summed E-state index contributed by atoms with van der Waals surface area (Å²) in [5.74, 6) is 1.25. The highest BCUT2D eigenvalue weighted by molar-refractivity contribution is 5.93. The molecule has 0 radical (unpaired) electrons. The number of pyridine rings is 1. The molecule has 2 aromatic rings. The van der Waals surface area contributed by atoms with Gasteiger partial charge in [0.1, 0.15) is 11.6 Å². The maximum absolute atomic E-state index is 11.9. The first-order chi connectivity index (χ1) is 13.0. The van der Waals surface area contributed by atoms with Crippen molar-refractivity contribution in [1.82, 2.24) is 20.3 Å². The van der Waals surface area contributed by atoms with Gasteiger partial charge >= 0.3 is 0 Å². The highest BCUT2D eigenvalue weighted by Gasteiger charge is 2.15. The lowest BCUT2D eigenvalue weighted by Crippen LogP contribution is -2.42. The molecule has 0 aliphatic rings. The first-order valence-electron chi connectivity index (χ1n) is 9.12. The normalized spacial score (nSPS) is 10.6. The van der Waals surface area contributed by atoms with Crippen LogP contribution in [0.3, 0.4) is 0 Å². The number of nitrogens with zero attached hydrogens (tertiary/aromatic N) is 4. The van der Waals surface area contributed by atoms with Gasteiger partial charge < -0.3 is 11.1 Å². The van der Waals surface area contributed by atoms with E-state index in [-0.39, 0.29) is 17.9 Å². The van der Waals surface area contributed by atoms with Gasteiger partial charge in [0, 0.05) is 37.6 Å². The number of amides is 1. The van der Waals surface area contributed by atoms with Crippen molar-refractivity contribution in [2.24, 2.45) is 5.73 Å². The van der Waals surface area contributed by atoms with E-state index in [0.717, 1.165) is 31.5 Å². The topological polar surface area (TPSA) is 121 Å². The number of carbonyl (C=O) groups is 1. The van der Waals surface area contributed by atoms with Gasteiger partial charge in [0.25, 0.3) is 5.91 Å². The van der Waals surface area contributed by atoms with Gasteiger partial charge in [0.2, 0.25) is 0 Å². The Morgan fingerprint density at radius 2 is 2.07 bits per heavy atom. The second-order valence-electron chi connectivity index (χ2n) is 6.49. The van der Waals surface area contributed by atoms with Crippen LogP contribution in [-0.4, -0.2) is 39.4 Å². The molecule has 4 N–H and O–H groups in total. The number of unbranched alkanes of at least 4 members (excludes halogenated alkanes) is 2. The van der Waals surface area contributed by atoms with Crippen LogP contribution in [0.1, 0.15) is 49.3 Å². The van der Waals surface area contributed by atoms with Gasteiger partial charge in [-0.25, -0.2) is 9.97 Å². The molecule has 0 bridgehead atoms. The first-order valence-corrected chi connectivity index (χ1v) is 9.12. The largest absolute Gasteiger partial charge is 0.370 e. The summed E-state index contributed by atoms with van der Waals surface area (Å²) < 4.78 is 0. The van der Waals surface area contributed by atoms with Crippen LogP contribution in [0.15, 0.2) is 36.8 Å². The molecule has 0 aliphatic heterocycles. The van der Waals surface area contributed by atoms with Crippen LogP contribution in [0.2, 0.25) is 0 Å². The van der Waals surface area contributed by atoms with Crippen LogP contribution in [0, 0.1) is 5.41 Å². The lowest BCUT2D eigenvalue weighted by molar-refractivity contribution is 0.0952. The van der Waals surface area contributed by atoms with E-state index in [2.05, 4.69) is 20.3 Å². The summed E-state index contributed by atoms with van der Waals surface area (Å²) in [5.41, 5.74) is 6.22. The molecule has 1 amide bonds. The molecule has 0 unspecified atom stereocenters. The van der Waals surface area contributed by atoms with E-state index >= 15 is 0 Å². The minimum absolute atomic E-state index is 0.0287. The van der Waals surface area contributed by atoms with Crippen LogP contribution in [0.25, 0.3) is 0 Å². The number of rotatable bonds is 9. The summed E-state index contributed by atoms with van der Waals surface area (Å²) in [6.07, 6.45) is 8.41. The van der Waals surface area contributed by atoms with Gasteiger partial charge in [-0.3, -0.25) is 20.1 Å². The number of hydrogen-bond donors (Lipinski definition) is 3. The summed E-state index contributed by atoms with van der Waals surface area (Å²) in [6, 6.07) is 5.30. The molecule has 0 spiro atoms. The van der Waals surface area contributed by atoms with Gasteiger partial charge in [-0.05, 0) is 44.9 Å². The lowest BCUT2D eigenvalue weighted by Gasteiger charge is -2.25. The fourth-order valence-corrected chi connectivity index (χ4v) is 2.70. The van der Waals surface area contributed by atoms with E-state index in [1.54, 1.807) is 41.7 Å². The lowest BCUT2D eigenvalue weighted by atomic mass is 10.2.